The third-order valence-electron chi connectivity index (χ3n) is 3.08. The zero-order valence-electron chi connectivity index (χ0n) is 9.16. The fourth-order valence-corrected chi connectivity index (χ4v) is 2.41. The van der Waals surface area contributed by atoms with Crippen LogP contribution in [0.5, 0.6) is 0 Å². The minimum Gasteiger partial charge on any atom is -0.341 e. The molecule has 1 aliphatic rings. The maximum Gasteiger partial charge on any atom is 0.123 e. The summed E-state index contributed by atoms with van der Waals surface area (Å²) in [4.78, 5) is 2.17. The van der Waals surface area contributed by atoms with Crippen LogP contribution in [0.15, 0.2) is 42.5 Å². The molecule has 2 aromatic rings. The zero-order chi connectivity index (χ0) is 11.8. The molecular formula is C14H11ClFN. The van der Waals surface area contributed by atoms with Gasteiger partial charge in [0.05, 0.1) is 0 Å². The fraction of sp³-hybridized carbons (Fsp3) is 0.143. The van der Waals surface area contributed by atoms with E-state index in [0.29, 0.717) is 0 Å². The van der Waals surface area contributed by atoms with Gasteiger partial charge in [-0.3, -0.25) is 0 Å². The van der Waals surface area contributed by atoms with Crippen LogP contribution < -0.4 is 4.90 Å². The second kappa shape index (κ2) is 4.04. The Morgan fingerprint density at radius 1 is 1.06 bits per heavy atom. The molecule has 0 atom stereocenters. The first-order chi connectivity index (χ1) is 8.24. The maximum atomic E-state index is 12.9. The Labute approximate surface area is 104 Å². The van der Waals surface area contributed by atoms with E-state index in [0.717, 1.165) is 29.4 Å². The van der Waals surface area contributed by atoms with Crippen molar-refractivity contribution < 1.29 is 4.39 Å². The van der Waals surface area contributed by atoms with E-state index < -0.39 is 0 Å². The van der Waals surface area contributed by atoms with Crippen molar-refractivity contribution in [3.05, 3.63) is 58.9 Å². The number of rotatable bonds is 1. The Bertz CT molecular complexity index is 551. The molecule has 3 rings (SSSR count). The van der Waals surface area contributed by atoms with Gasteiger partial charge in [-0.2, -0.15) is 0 Å². The highest BCUT2D eigenvalue weighted by Crippen LogP contribution is 2.36. The van der Waals surface area contributed by atoms with E-state index in [1.807, 2.05) is 12.1 Å². The standard InChI is InChI=1S/C14H11ClFN/c15-11-2-1-10-7-8-17(14(10)9-11)13-5-3-12(16)4-6-13/h1-6,9H,7-8H2. The molecule has 0 radical (unpaired) electrons. The van der Waals surface area contributed by atoms with Crippen molar-refractivity contribution >= 4 is 23.0 Å². The Morgan fingerprint density at radius 3 is 2.59 bits per heavy atom. The minimum atomic E-state index is -0.209. The number of fused-ring (bicyclic) bond motifs is 1. The first kappa shape index (κ1) is 10.6. The van der Waals surface area contributed by atoms with Crippen LogP contribution in [-0.2, 0) is 6.42 Å². The number of hydrogen-bond donors (Lipinski definition) is 0. The van der Waals surface area contributed by atoms with E-state index in [1.54, 1.807) is 12.1 Å². The van der Waals surface area contributed by atoms with Crippen molar-refractivity contribution in [1.29, 1.82) is 0 Å². The molecule has 1 aliphatic heterocycles. The second-order valence-corrected chi connectivity index (χ2v) is 4.59. The van der Waals surface area contributed by atoms with E-state index in [1.165, 1.54) is 17.7 Å². The Balaban J connectivity index is 2.03. The minimum absolute atomic E-state index is 0.209. The van der Waals surface area contributed by atoms with Crippen LogP contribution in [0.3, 0.4) is 0 Å². The summed E-state index contributed by atoms with van der Waals surface area (Å²) in [5.41, 5.74) is 3.43. The Hall–Kier alpha value is -1.54. The topological polar surface area (TPSA) is 3.24 Å². The summed E-state index contributed by atoms with van der Waals surface area (Å²) in [5.74, 6) is -0.209. The summed E-state index contributed by atoms with van der Waals surface area (Å²) in [5, 5.41) is 0.734. The lowest BCUT2D eigenvalue weighted by Crippen LogP contribution is -2.12. The lowest BCUT2D eigenvalue weighted by atomic mass is 10.2. The molecule has 0 amide bonds. The van der Waals surface area contributed by atoms with Gasteiger partial charge in [0.15, 0.2) is 0 Å². The van der Waals surface area contributed by atoms with Gasteiger partial charge in [0.1, 0.15) is 5.82 Å². The molecule has 0 unspecified atom stereocenters. The molecule has 17 heavy (non-hydrogen) atoms. The van der Waals surface area contributed by atoms with E-state index in [-0.39, 0.29) is 5.82 Å². The summed E-state index contributed by atoms with van der Waals surface area (Å²) in [7, 11) is 0. The lowest BCUT2D eigenvalue weighted by Gasteiger charge is -2.19. The zero-order valence-corrected chi connectivity index (χ0v) is 9.91. The van der Waals surface area contributed by atoms with Crippen LogP contribution in [0.1, 0.15) is 5.56 Å². The van der Waals surface area contributed by atoms with E-state index in [4.69, 9.17) is 11.6 Å². The number of benzene rings is 2. The molecule has 0 spiro atoms. The van der Waals surface area contributed by atoms with Crippen molar-refractivity contribution in [2.24, 2.45) is 0 Å². The van der Waals surface area contributed by atoms with Crippen molar-refractivity contribution in [1.82, 2.24) is 0 Å². The fourth-order valence-electron chi connectivity index (χ4n) is 2.24. The summed E-state index contributed by atoms with van der Waals surface area (Å²) in [6.45, 7) is 0.918. The highest BCUT2D eigenvalue weighted by atomic mass is 35.5. The molecule has 0 bridgehead atoms. The van der Waals surface area contributed by atoms with Crippen LogP contribution in [0.25, 0.3) is 0 Å². The number of hydrogen-bond acceptors (Lipinski definition) is 1. The van der Waals surface area contributed by atoms with Crippen molar-refractivity contribution in [3.63, 3.8) is 0 Å². The van der Waals surface area contributed by atoms with Crippen LogP contribution in [-0.4, -0.2) is 6.54 Å². The van der Waals surface area contributed by atoms with Crippen LogP contribution in [0, 0.1) is 5.82 Å². The van der Waals surface area contributed by atoms with Gasteiger partial charge in [-0.25, -0.2) is 4.39 Å². The van der Waals surface area contributed by atoms with Gasteiger partial charge < -0.3 is 4.90 Å². The van der Waals surface area contributed by atoms with Crippen LogP contribution >= 0.6 is 11.6 Å². The maximum absolute atomic E-state index is 12.9. The SMILES string of the molecule is Fc1ccc(N2CCc3ccc(Cl)cc32)cc1. The molecular weight excluding hydrogens is 237 g/mol. The van der Waals surface area contributed by atoms with Crippen LogP contribution in [0.2, 0.25) is 5.02 Å². The highest BCUT2D eigenvalue weighted by Gasteiger charge is 2.20. The van der Waals surface area contributed by atoms with Crippen molar-refractivity contribution in [3.8, 4) is 0 Å². The number of anilines is 2. The third-order valence-corrected chi connectivity index (χ3v) is 3.32. The largest absolute Gasteiger partial charge is 0.341 e. The lowest BCUT2D eigenvalue weighted by molar-refractivity contribution is 0.628. The predicted octanol–water partition coefficient (Wildman–Crippen LogP) is 4.17. The molecule has 1 nitrogen and oxygen atoms in total. The molecule has 0 aliphatic carbocycles. The van der Waals surface area contributed by atoms with E-state index >= 15 is 0 Å². The Kier molecular flexibility index (Phi) is 2.52. The first-order valence-electron chi connectivity index (χ1n) is 5.55. The van der Waals surface area contributed by atoms with Gasteiger partial charge in [-0.1, -0.05) is 17.7 Å². The molecule has 0 saturated carbocycles. The van der Waals surface area contributed by atoms with Gasteiger partial charge in [-0.05, 0) is 48.4 Å². The van der Waals surface area contributed by atoms with Gasteiger partial charge in [-0.15, -0.1) is 0 Å². The van der Waals surface area contributed by atoms with Gasteiger partial charge in [0, 0.05) is 22.9 Å². The van der Waals surface area contributed by atoms with Gasteiger partial charge >= 0.3 is 0 Å². The Morgan fingerprint density at radius 2 is 1.82 bits per heavy atom. The van der Waals surface area contributed by atoms with Crippen LogP contribution in [0.4, 0.5) is 15.8 Å². The van der Waals surface area contributed by atoms with Crippen molar-refractivity contribution in [2.45, 2.75) is 6.42 Å². The second-order valence-electron chi connectivity index (χ2n) is 4.15. The number of halogens is 2. The summed E-state index contributed by atoms with van der Waals surface area (Å²) in [6, 6.07) is 12.5. The molecule has 1 heterocycles. The summed E-state index contributed by atoms with van der Waals surface area (Å²) < 4.78 is 12.9. The van der Waals surface area contributed by atoms with E-state index in [9.17, 15) is 4.39 Å². The van der Waals surface area contributed by atoms with Gasteiger partial charge in [0.25, 0.3) is 0 Å². The summed E-state index contributed by atoms with van der Waals surface area (Å²) >= 11 is 6.01. The molecule has 0 N–H and O–H groups in total. The highest BCUT2D eigenvalue weighted by molar-refractivity contribution is 6.30. The van der Waals surface area contributed by atoms with Crippen molar-refractivity contribution in [2.75, 3.05) is 11.4 Å². The smallest absolute Gasteiger partial charge is 0.123 e. The van der Waals surface area contributed by atoms with E-state index in [2.05, 4.69) is 11.0 Å². The first-order valence-corrected chi connectivity index (χ1v) is 5.93. The number of nitrogens with zero attached hydrogens (tertiary/aromatic N) is 1. The molecule has 86 valence electrons. The van der Waals surface area contributed by atoms with Gasteiger partial charge in [0.2, 0.25) is 0 Å². The molecule has 0 fully saturated rings. The predicted molar refractivity (Wildman–Crippen MR) is 68.6 cm³/mol. The summed E-state index contributed by atoms with van der Waals surface area (Å²) in [6.07, 6.45) is 1.00. The molecule has 0 saturated heterocycles. The normalized spacial score (nSPS) is 13.9. The average molecular weight is 248 g/mol. The average Bonchev–Trinajstić information content (AvgIpc) is 2.73. The molecule has 0 aromatic heterocycles. The monoisotopic (exact) mass is 247 g/mol. The molecule has 2 aromatic carbocycles. The third kappa shape index (κ3) is 1.89. The molecule has 3 heteroatoms. The quantitative estimate of drug-likeness (QED) is 0.731.